The standard InChI is InChI=1S/C14H18N2O/c1-9-5-12-13(6-10(9)2)16(8-15-12)7-14(17)11-3-4-11/h5-6,8,11,14,17H,3-4,7H2,1-2H3. The third-order valence-corrected chi connectivity index (χ3v) is 3.79. The van der Waals surface area contributed by atoms with Gasteiger partial charge in [-0.1, -0.05) is 0 Å². The summed E-state index contributed by atoms with van der Waals surface area (Å²) in [5, 5.41) is 10.00. The third-order valence-electron chi connectivity index (χ3n) is 3.79. The fourth-order valence-corrected chi connectivity index (χ4v) is 2.29. The van der Waals surface area contributed by atoms with E-state index in [-0.39, 0.29) is 6.10 Å². The number of aliphatic hydroxyl groups is 1. The summed E-state index contributed by atoms with van der Waals surface area (Å²) >= 11 is 0. The van der Waals surface area contributed by atoms with Crippen molar-refractivity contribution in [1.29, 1.82) is 0 Å². The van der Waals surface area contributed by atoms with Crippen LogP contribution < -0.4 is 0 Å². The van der Waals surface area contributed by atoms with Crippen molar-refractivity contribution in [2.75, 3.05) is 0 Å². The Bertz CT molecular complexity index is 555. The number of aryl methyl sites for hydroxylation is 2. The minimum absolute atomic E-state index is 0.214. The summed E-state index contributed by atoms with van der Waals surface area (Å²) in [7, 11) is 0. The lowest BCUT2D eigenvalue weighted by atomic mass is 10.1. The van der Waals surface area contributed by atoms with Crippen LogP contribution >= 0.6 is 0 Å². The highest BCUT2D eigenvalue weighted by atomic mass is 16.3. The van der Waals surface area contributed by atoms with E-state index in [0.29, 0.717) is 12.5 Å². The van der Waals surface area contributed by atoms with Gasteiger partial charge in [0.1, 0.15) is 0 Å². The number of aromatic nitrogens is 2. The molecular formula is C14H18N2O. The van der Waals surface area contributed by atoms with Crippen LogP contribution in [0.1, 0.15) is 24.0 Å². The van der Waals surface area contributed by atoms with E-state index in [2.05, 4.69) is 35.5 Å². The molecular weight excluding hydrogens is 212 g/mol. The van der Waals surface area contributed by atoms with Gasteiger partial charge in [-0.25, -0.2) is 4.98 Å². The molecule has 1 aromatic carbocycles. The Kier molecular flexibility index (Phi) is 2.44. The molecule has 1 aromatic heterocycles. The number of hydrogen-bond acceptors (Lipinski definition) is 2. The molecule has 1 fully saturated rings. The fourth-order valence-electron chi connectivity index (χ4n) is 2.29. The molecule has 1 heterocycles. The molecule has 1 saturated carbocycles. The lowest BCUT2D eigenvalue weighted by Crippen LogP contribution is -2.17. The summed E-state index contributed by atoms with van der Waals surface area (Å²) in [6, 6.07) is 4.28. The van der Waals surface area contributed by atoms with Crippen molar-refractivity contribution < 1.29 is 5.11 Å². The van der Waals surface area contributed by atoms with Crippen molar-refractivity contribution in [2.24, 2.45) is 5.92 Å². The maximum absolute atomic E-state index is 10.00. The monoisotopic (exact) mass is 230 g/mol. The SMILES string of the molecule is Cc1cc2ncn(CC(O)C3CC3)c2cc1C. The highest BCUT2D eigenvalue weighted by molar-refractivity contribution is 5.77. The summed E-state index contributed by atoms with van der Waals surface area (Å²) in [6.45, 7) is 4.89. The van der Waals surface area contributed by atoms with Crippen molar-refractivity contribution in [1.82, 2.24) is 9.55 Å². The zero-order valence-electron chi connectivity index (χ0n) is 10.3. The lowest BCUT2D eigenvalue weighted by molar-refractivity contribution is 0.133. The summed E-state index contributed by atoms with van der Waals surface area (Å²) in [6.07, 6.45) is 3.97. The molecule has 0 aliphatic heterocycles. The van der Waals surface area contributed by atoms with Crippen LogP contribution in [-0.2, 0) is 6.54 Å². The van der Waals surface area contributed by atoms with E-state index in [9.17, 15) is 5.11 Å². The van der Waals surface area contributed by atoms with E-state index in [1.807, 2.05) is 6.33 Å². The predicted octanol–water partition coefficient (Wildman–Crippen LogP) is 2.42. The second-order valence-corrected chi connectivity index (χ2v) is 5.23. The number of imidazole rings is 1. The summed E-state index contributed by atoms with van der Waals surface area (Å²) in [4.78, 5) is 4.41. The molecule has 1 N–H and O–H groups in total. The fraction of sp³-hybridized carbons (Fsp3) is 0.500. The van der Waals surface area contributed by atoms with E-state index in [1.54, 1.807) is 0 Å². The van der Waals surface area contributed by atoms with Crippen LogP contribution in [0.4, 0.5) is 0 Å². The topological polar surface area (TPSA) is 38.0 Å². The van der Waals surface area contributed by atoms with Crippen molar-refractivity contribution in [3.05, 3.63) is 29.6 Å². The Hall–Kier alpha value is -1.35. The molecule has 17 heavy (non-hydrogen) atoms. The minimum atomic E-state index is -0.214. The average Bonchev–Trinajstić information content (AvgIpc) is 3.07. The van der Waals surface area contributed by atoms with E-state index >= 15 is 0 Å². The Morgan fingerprint density at radius 2 is 2.06 bits per heavy atom. The Morgan fingerprint density at radius 3 is 2.76 bits per heavy atom. The first-order chi connectivity index (χ1) is 8.15. The molecule has 3 nitrogen and oxygen atoms in total. The van der Waals surface area contributed by atoms with Gasteiger partial charge in [-0.2, -0.15) is 0 Å². The van der Waals surface area contributed by atoms with Crippen LogP contribution in [0.15, 0.2) is 18.5 Å². The van der Waals surface area contributed by atoms with Crippen molar-refractivity contribution in [3.63, 3.8) is 0 Å². The van der Waals surface area contributed by atoms with Crippen LogP contribution in [0.5, 0.6) is 0 Å². The molecule has 1 aliphatic carbocycles. The van der Waals surface area contributed by atoms with Gasteiger partial charge < -0.3 is 9.67 Å². The zero-order valence-corrected chi connectivity index (χ0v) is 10.3. The molecule has 3 heteroatoms. The van der Waals surface area contributed by atoms with Crippen LogP contribution in [0, 0.1) is 19.8 Å². The predicted molar refractivity (Wildman–Crippen MR) is 67.9 cm³/mol. The minimum Gasteiger partial charge on any atom is -0.391 e. The van der Waals surface area contributed by atoms with Gasteiger partial charge in [-0.3, -0.25) is 0 Å². The first-order valence-corrected chi connectivity index (χ1v) is 6.25. The lowest BCUT2D eigenvalue weighted by Gasteiger charge is -2.11. The molecule has 90 valence electrons. The molecule has 0 saturated heterocycles. The van der Waals surface area contributed by atoms with Gasteiger partial charge in [0, 0.05) is 0 Å². The van der Waals surface area contributed by atoms with Crippen molar-refractivity contribution >= 4 is 11.0 Å². The summed E-state index contributed by atoms with van der Waals surface area (Å²) in [5.41, 5.74) is 4.70. The quantitative estimate of drug-likeness (QED) is 0.879. The van der Waals surface area contributed by atoms with Gasteiger partial charge in [0.15, 0.2) is 0 Å². The van der Waals surface area contributed by atoms with Gasteiger partial charge in [0.05, 0.1) is 30.0 Å². The molecule has 3 rings (SSSR count). The smallest absolute Gasteiger partial charge is 0.0959 e. The first-order valence-electron chi connectivity index (χ1n) is 6.25. The molecule has 0 bridgehead atoms. The Labute approximate surface area is 101 Å². The molecule has 0 spiro atoms. The molecule has 1 aliphatic rings. The van der Waals surface area contributed by atoms with Crippen LogP contribution in [0.25, 0.3) is 11.0 Å². The van der Waals surface area contributed by atoms with Crippen LogP contribution in [-0.4, -0.2) is 20.8 Å². The van der Waals surface area contributed by atoms with Crippen molar-refractivity contribution in [3.8, 4) is 0 Å². The van der Waals surface area contributed by atoms with E-state index in [0.717, 1.165) is 11.0 Å². The molecule has 0 radical (unpaired) electrons. The van der Waals surface area contributed by atoms with E-state index < -0.39 is 0 Å². The number of aliphatic hydroxyl groups excluding tert-OH is 1. The molecule has 0 amide bonds. The zero-order chi connectivity index (χ0) is 12.0. The van der Waals surface area contributed by atoms with E-state index in [4.69, 9.17) is 0 Å². The Morgan fingerprint density at radius 1 is 1.35 bits per heavy atom. The normalized spacial score (nSPS) is 17.6. The second kappa shape index (κ2) is 3.84. The van der Waals surface area contributed by atoms with Gasteiger partial charge in [-0.15, -0.1) is 0 Å². The number of fused-ring (bicyclic) bond motifs is 1. The summed E-state index contributed by atoms with van der Waals surface area (Å²) < 4.78 is 2.07. The second-order valence-electron chi connectivity index (χ2n) is 5.23. The van der Waals surface area contributed by atoms with Crippen LogP contribution in [0.3, 0.4) is 0 Å². The number of benzene rings is 1. The maximum Gasteiger partial charge on any atom is 0.0959 e. The van der Waals surface area contributed by atoms with Gasteiger partial charge in [0.2, 0.25) is 0 Å². The largest absolute Gasteiger partial charge is 0.391 e. The van der Waals surface area contributed by atoms with Gasteiger partial charge in [0.25, 0.3) is 0 Å². The average molecular weight is 230 g/mol. The molecule has 2 aromatic rings. The molecule has 1 atom stereocenters. The maximum atomic E-state index is 10.00. The van der Waals surface area contributed by atoms with Crippen molar-refractivity contribution in [2.45, 2.75) is 39.3 Å². The van der Waals surface area contributed by atoms with Crippen LogP contribution in [0.2, 0.25) is 0 Å². The highest BCUT2D eigenvalue weighted by Crippen LogP contribution is 2.33. The number of hydrogen-bond donors (Lipinski definition) is 1. The number of nitrogens with zero attached hydrogens (tertiary/aromatic N) is 2. The van der Waals surface area contributed by atoms with Gasteiger partial charge >= 0.3 is 0 Å². The number of rotatable bonds is 3. The van der Waals surface area contributed by atoms with E-state index in [1.165, 1.54) is 24.0 Å². The highest BCUT2D eigenvalue weighted by Gasteiger charge is 2.29. The molecule has 1 unspecified atom stereocenters. The first kappa shape index (κ1) is 10.8. The van der Waals surface area contributed by atoms with Gasteiger partial charge in [-0.05, 0) is 55.9 Å². The third kappa shape index (κ3) is 1.95. The Balaban J connectivity index is 1.96. The summed E-state index contributed by atoms with van der Waals surface area (Å²) in [5.74, 6) is 0.513.